The highest BCUT2D eigenvalue weighted by Crippen LogP contribution is 2.23. The number of nitrogens with zero attached hydrogens (tertiary/aromatic N) is 1. The number of nitrogens with one attached hydrogen (secondary N) is 1. The third-order valence-corrected chi connectivity index (χ3v) is 2.98. The molecule has 1 aromatic carbocycles. The van der Waals surface area contributed by atoms with E-state index in [-0.39, 0.29) is 0 Å². The van der Waals surface area contributed by atoms with Crippen molar-refractivity contribution in [2.24, 2.45) is 0 Å². The molecule has 1 N–H and O–H groups in total. The molecular formula is C14H22N2OS. The molecule has 0 saturated heterocycles. The maximum atomic E-state index is 5.46. The fourth-order valence-electron chi connectivity index (χ4n) is 1.80. The Kier molecular flexibility index (Phi) is 6.50. The summed E-state index contributed by atoms with van der Waals surface area (Å²) in [4.78, 5) is 2.20. The van der Waals surface area contributed by atoms with E-state index in [9.17, 15) is 0 Å². The zero-order chi connectivity index (χ0) is 13.4. The zero-order valence-electron chi connectivity index (χ0n) is 11.4. The fourth-order valence-corrected chi connectivity index (χ4v) is 2.09. The number of thiocarbonyl (C=S) groups is 1. The molecule has 0 bridgehead atoms. The second-order valence-corrected chi connectivity index (χ2v) is 4.50. The van der Waals surface area contributed by atoms with E-state index in [0.717, 1.165) is 42.5 Å². The molecule has 0 spiro atoms. The van der Waals surface area contributed by atoms with Crippen molar-refractivity contribution in [3.05, 3.63) is 24.3 Å². The van der Waals surface area contributed by atoms with Gasteiger partial charge in [-0.05, 0) is 37.2 Å². The van der Waals surface area contributed by atoms with Gasteiger partial charge in [0, 0.05) is 13.1 Å². The van der Waals surface area contributed by atoms with E-state index < -0.39 is 0 Å². The summed E-state index contributed by atoms with van der Waals surface area (Å²) in [6.45, 7) is 6.28. The first-order valence-corrected chi connectivity index (χ1v) is 6.82. The lowest BCUT2D eigenvalue weighted by Crippen LogP contribution is -2.36. The van der Waals surface area contributed by atoms with Crippen molar-refractivity contribution in [1.29, 1.82) is 0 Å². The summed E-state index contributed by atoms with van der Waals surface area (Å²) in [5.41, 5.74) is 0.919. The molecule has 0 aliphatic carbocycles. The quantitative estimate of drug-likeness (QED) is 0.796. The van der Waals surface area contributed by atoms with E-state index in [2.05, 4.69) is 24.1 Å². The van der Waals surface area contributed by atoms with Gasteiger partial charge in [0.05, 0.1) is 12.8 Å². The van der Waals surface area contributed by atoms with E-state index in [4.69, 9.17) is 17.0 Å². The van der Waals surface area contributed by atoms with Gasteiger partial charge in [0.25, 0.3) is 0 Å². The van der Waals surface area contributed by atoms with Gasteiger partial charge in [0.1, 0.15) is 5.75 Å². The summed E-state index contributed by atoms with van der Waals surface area (Å²) < 4.78 is 5.31. The van der Waals surface area contributed by atoms with Crippen molar-refractivity contribution in [2.45, 2.75) is 26.7 Å². The number of benzene rings is 1. The Hall–Kier alpha value is -1.29. The van der Waals surface area contributed by atoms with Crippen molar-refractivity contribution in [1.82, 2.24) is 4.90 Å². The number of anilines is 1. The molecule has 0 atom stereocenters. The van der Waals surface area contributed by atoms with Crippen LogP contribution in [-0.4, -0.2) is 30.2 Å². The summed E-state index contributed by atoms with van der Waals surface area (Å²) in [6, 6.07) is 7.82. The highest BCUT2D eigenvalue weighted by Gasteiger charge is 2.09. The SMILES string of the molecule is CCCN(CCC)C(=S)Nc1ccccc1OC. The van der Waals surface area contributed by atoms with Crippen LogP contribution in [0, 0.1) is 0 Å². The number of methoxy groups -OCH3 is 1. The van der Waals surface area contributed by atoms with Gasteiger partial charge in [-0.1, -0.05) is 26.0 Å². The average molecular weight is 266 g/mol. The predicted molar refractivity (Wildman–Crippen MR) is 81.4 cm³/mol. The lowest BCUT2D eigenvalue weighted by Gasteiger charge is -2.25. The van der Waals surface area contributed by atoms with Crippen molar-refractivity contribution < 1.29 is 4.74 Å². The Labute approximate surface area is 115 Å². The molecule has 0 fully saturated rings. The average Bonchev–Trinajstić information content (AvgIpc) is 2.39. The molecule has 0 aliphatic heterocycles. The van der Waals surface area contributed by atoms with E-state index in [0.29, 0.717) is 0 Å². The summed E-state index contributed by atoms with van der Waals surface area (Å²) >= 11 is 5.46. The molecule has 3 nitrogen and oxygen atoms in total. The summed E-state index contributed by atoms with van der Waals surface area (Å²) in [5, 5.41) is 4.03. The van der Waals surface area contributed by atoms with E-state index in [1.54, 1.807) is 7.11 Å². The topological polar surface area (TPSA) is 24.5 Å². The van der Waals surface area contributed by atoms with Gasteiger partial charge >= 0.3 is 0 Å². The van der Waals surface area contributed by atoms with Crippen molar-refractivity contribution in [3.63, 3.8) is 0 Å². The van der Waals surface area contributed by atoms with Crippen LogP contribution in [0.3, 0.4) is 0 Å². The maximum absolute atomic E-state index is 5.46. The van der Waals surface area contributed by atoms with Gasteiger partial charge in [-0.3, -0.25) is 0 Å². The molecule has 0 amide bonds. The standard InChI is InChI=1S/C14H22N2OS/c1-4-10-16(11-5-2)14(18)15-12-8-6-7-9-13(12)17-3/h6-9H,4-5,10-11H2,1-3H3,(H,15,18). The molecule has 100 valence electrons. The Morgan fingerprint density at radius 1 is 1.22 bits per heavy atom. The molecule has 4 heteroatoms. The normalized spacial score (nSPS) is 9.94. The van der Waals surface area contributed by atoms with Crippen molar-refractivity contribution in [2.75, 3.05) is 25.5 Å². The smallest absolute Gasteiger partial charge is 0.173 e. The van der Waals surface area contributed by atoms with Gasteiger partial charge in [0.2, 0.25) is 0 Å². The number of hydrogen-bond acceptors (Lipinski definition) is 2. The lowest BCUT2D eigenvalue weighted by atomic mass is 10.3. The second-order valence-electron chi connectivity index (χ2n) is 4.12. The molecule has 1 rings (SSSR count). The molecular weight excluding hydrogens is 244 g/mol. The summed E-state index contributed by atoms with van der Waals surface area (Å²) in [5.74, 6) is 0.813. The van der Waals surface area contributed by atoms with Gasteiger partial charge < -0.3 is 15.0 Å². The molecule has 1 aromatic rings. The van der Waals surface area contributed by atoms with Gasteiger partial charge in [0.15, 0.2) is 5.11 Å². The molecule has 0 radical (unpaired) electrons. The fraction of sp³-hybridized carbons (Fsp3) is 0.500. The van der Waals surface area contributed by atoms with Crippen molar-refractivity contribution in [3.8, 4) is 5.75 Å². The Bertz CT molecular complexity index is 376. The van der Waals surface area contributed by atoms with Crippen molar-refractivity contribution >= 4 is 23.0 Å². The van der Waals surface area contributed by atoms with Crippen LogP contribution in [0.5, 0.6) is 5.75 Å². The van der Waals surface area contributed by atoms with E-state index >= 15 is 0 Å². The Morgan fingerprint density at radius 3 is 2.39 bits per heavy atom. The Balaban J connectivity index is 2.72. The molecule has 0 heterocycles. The monoisotopic (exact) mass is 266 g/mol. The zero-order valence-corrected chi connectivity index (χ0v) is 12.2. The number of hydrogen-bond donors (Lipinski definition) is 1. The molecule has 0 saturated carbocycles. The predicted octanol–water partition coefficient (Wildman–Crippen LogP) is 3.51. The molecule has 0 unspecified atom stereocenters. The minimum atomic E-state index is 0.767. The first-order chi connectivity index (χ1) is 8.72. The first kappa shape index (κ1) is 14.8. The van der Waals surface area contributed by atoms with Crippen LogP contribution < -0.4 is 10.1 Å². The molecule has 0 aliphatic rings. The van der Waals surface area contributed by atoms with Crippen LogP contribution in [0.1, 0.15) is 26.7 Å². The second kappa shape index (κ2) is 7.93. The van der Waals surface area contributed by atoms with Crippen LogP contribution in [0.25, 0.3) is 0 Å². The highest BCUT2D eigenvalue weighted by molar-refractivity contribution is 7.80. The highest BCUT2D eigenvalue weighted by atomic mass is 32.1. The van der Waals surface area contributed by atoms with Crippen LogP contribution in [0.2, 0.25) is 0 Å². The first-order valence-electron chi connectivity index (χ1n) is 6.41. The molecule has 0 aromatic heterocycles. The number of para-hydroxylation sites is 2. The molecule has 18 heavy (non-hydrogen) atoms. The third kappa shape index (κ3) is 4.18. The lowest BCUT2D eigenvalue weighted by molar-refractivity contribution is 0.414. The van der Waals surface area contributed by atoms with Gasteiger partial charge in [-0.15, -0.1) is 0 Å². The summed E-state index contributed by atoms with van der Waals surface area (Å²) in [7, 11) is 1.67. The minimum absolute atomic E-state index is 0.767. The van der Waals surface area contributed by atoms with Crippen LogP contribution >= 0.6 is 12.2 Å². The van der Waals surface area contributed by atoms with Crippen LogP contribution in [-0.2, 0) is 0 Å². The van der Waals surface area contributed by atoms with Crippen LogP contribution in [0.4, 0.5) is 5.69 Å². The largest absolute Gasteiger partial charge is 0.495 e. The maximum Gasteiger partial charge on any atom is 0.173 e. The summed E-state index contributed by atoms with van der Waals surface area (Å²) in [6.07, 6.45) is 2.18. The Morgan fingerprint density at radius 2 is 1.83 bits per heavy atom. The van der Waals surface area contributed by atoms with Gasteiger partial charge in [-0.2, -0.15) is 0 Å². The number of rotatable bonds is 6. The van der Waals surface area contributed by atoms with Crippen LogP contribution in [0.15, 0.2) is 24.3 Å². The van der Waals surface area contributed by atoms with E-state index in [1.807, 2.05) is 24.3 Å². The van der Waals surface area contributed by atoms with Gasteiger partial charge in [-0.25, -0.2) is 0 Å². The number of ether oxygens (including phenoxy) is 1. The minimum Gasteiger partial charge on any atom is -0.495 e. The van der Waals surface area contributed by atoms with E-state index in [1.165, 1.54) is 0 Å². The third-order valence-electron chi connectivity index (χ3n) is 2.62.